The van der Waals surface area contributed by atoms with Crippen LogP contribution in [0, 0.1) is 0 Å². The van der Waals surface area contributed by atoms with Crippen molar-refractivity contribution in [3.8, 4) is 0 Å². The van der Waals surface area contributed by atoms with Crippen molar-refractivity contribution in [2.45, 2.75) is 13.8 Å². The second-order valence-electron chi connectivity index (χ2n) is 0.577. The third kappa shape index (κ3) is 90.7. The van der Waals surface area contributed by atoms with Crippen LogP contribution in [-0.4, -0.2) is 11.5 Å². The van der Waals surface area contributed by atoms with E-state index in [0.29, 0.717) is 0 Å². The maximum Gasteiger partial charge on any atom is 2.00 e. The third-order valence-electron chi connectivity index (χ3n) is 0. The largest absolute Gasteiger partial charge is 2.00 e. The standard InChI is InChI=1S/2C2H6S.Hg/c2*1-2-3;/h2*3H,2H2,1H3;/q;;+2/p-2. The molecule has 0 aliphatic rings. The zero-order chi connectivity index (χ0) is 5.41. The van der Waals surface area contributed by atoms with E-state index in [1.54, 1.807) is 0 Å². The maximum atomic E-state index is 4.39. The molecule has 0 rings (SSSR count). The Morgan fingerprint density at radius 1 is 1.00 bits per heavy atom. The van der Waals surface area contributed by atoms with Crippen LogP contribution in [0.4, 0.5) is 0 Å². The molecule has 3 heteroatoms. The van der Waals surface area contributed by atoms with Gasteiger partial charge in [-0.15, -0.1) is 0 Å². The molecule has 0 bridgehead atoms. The minimum atomic E-state index is 0. The fraction of sp³-hybridized carbons (Fsp3) is 1.00. The van der Waals surface area contributed by atoms with Gasteiger partial charge in [-0.1, -0.05) is 13.8 Å². The molecule has 7 heavy (non-hydrogen) atoms. The second kappa shape index (κ2) is 25.4. The van der Waals surface area contributed by atoms with Gasteiger partial charge in [0.15, 0.2) is 0 Å². The molecular weight excluding hydrogens is 313 g/mol. The van der Waals surface area contributed by atoms with Gasteiger partial charge in [0.25, 0.3) is 0 Å². The molecule has 0 aromatic heterocycles. The van der Waals surface area contributed by atoms with E-state index in [0.717, 1.165) is 11.5 Å². The van der Waals surface area contributed by atoms with Gasteiger partial charge in [0.05, 0.1) is 0 Å². The van der Waals surface area contributed by atoms with Gasteiger partial charge < -0.3 is 25.3 Å². The van der Waals surface area contributed by atoms with Crippen LogP contribution in [0.25, 0.3) is 0 Å². The molecule has 0 amide bonds. The Bertz CT molecular complexity index is 11.7. The number of hydrogen-bond acceptors (Lipinski definition) is 2. The van der Waals surface area contributed by atoms with Crippen molar-refractivity contribution in [2.75, 3.05) is 11.5 Å². The first-order chi connectivity index (χ1) is 2.83. The summed E-state index contributed by atoms with van der Waals surface area (Å²) in [6.07, 6.45) is 0. The van der Waals surface area contributed by atoms with Crippen LogP contribution in [-0.2, 0) is 52.9 Å². The summed E-state index contributed by atoms with van der Waals surface area (Å²) < 4.78 is 0. The predicted octanol–water partition coefficient (Wildman–Crippen LogP) is 1.10. The molecule has 0 N–H and O–H groups in total. The van der Waals surface area contributed by atoms with Crippen molar-refractivity contribution >= 4 is 25.3 Å². The summed E-state index contributed by atoms with van der Waals surface area (Å²) in [7, 11) is 0. The van der Waals surface area contributed by atoms with Crippen molar-refractivity contribution in [3.63, 3.8) is 0 Å². The first-order valence-electron chi connectivity index (χ1n) is 1.99. The summed E-state index contributed by atoms with van der Waals surface area (Å²) in [6, 6.07) is 0. The number of hydrogen-bond donors (Lipinski definition) is 0. The van der Waals surface area contributed by atoms with Gasteiger partial charge in [0.1, 0.15) is 0 Å². The average Bonchev–Trinajstić information content (AvgIpc) is 1.39. The zero-order valence-corrected chi connectivity index (χ0v) is 12.1. The Morgan fingerprint density at radius 2 is 1.00 bits per heavy atom. The molecule has 0 unspecified atom stereocenters. The Morgan fingerprint density at radius 3 is 1.00 bits per heavy atom. The van der Waals surface area contributed by atoms with Crippen molar-refractivity contribution in [1.82, 2.24) is 0 Å². The molecule has 0 nitrogen and oxygen atoms in total. The average molecular weight is 323 g/mol. The molecule has 40 valence electrons. The fourth-order valence-electron chi connectivity index (χ4n) is 0. The quantitative estimate of drug-likeness (QED) is 0.484. The Hall–Kier alpha value is 1.64. The molecule has 0 aromatic rings. The first kappa shape index (κ1) is 15.9. The van der Waals surface area contributed by atoms with Gasteiger partial charge in [-0.3, -0.25) is 0 Å². The van der Waals surface area contributed by atoms with E-state index >= 15 is 0 Å². The van der Waals surface area contributed by atoms with E-state index in [1.807, 2.05) is 13.8 Å². The van der Waals surface area contributed by atoms with Gasteiger partial charge in [0, 0.05) is 0 Å². The van der Waals surface area contributed by atoms with Gasteiger partial charge in [-0.05, 0) is 0 Å². The summed E-state index contributed by atoms with van der Waals surface area (Å²) in [5, 5.41) is 0. The van der Waals surface area contributed by atoms with Gasteiger partial charge in [-0.25, -0.2) is 0 Å². The van der Waals surface area contributed by atoms with E-state index in [9.17, 15) is 0 Å². The molecule has 0 fully saturated rings. The van der Waals surface area contributed by atoms with Gasteiger partial charge in [-0.2, -0.15) is 11.5 Å². The van der Waals surface area contributed by atoms with E-state index in [1.165, 1.54) is 0 Å². The Labute approximate surface area is 77.8 Å². The minimum absolute atomic E-state index is 0. The number of rotatable bonds is 0. The van der Waals surface area contributed by atoms with Crippen molar-refractivity contribution in [2.24, 2.45) is 0 Å². The fourth-order valence-corrected chi connectivity index (χ4v) is 0. The van der Waals surface area contributed by atoms with Crippen LogP contribution in [0.15, 0.2) is 0 Å². The molecule has 0 saturated heterocycles. The van der Waals surface area contributed by atoms with E-state index in [2.05, 4.69) is 25.3 Å². The van der Waals surface area contributed by atoms with Gasteiger partial charge >= 0.3 is 27.7 Å². The molecule has 0 radical (unpaired) electrons. The van der Waals surface area contributed by atoms with E-state index < -0.39 is 0 Å². The van der Waals surface area contributed by atoms with Crippen LogP contribution >= 0.6 is 0 Å². The van der Waals surface area contributed by atoms with E-state index in [-0.39, 0.29) is 27.7 Å². The van der Waals surface area contributed by atoms with Crippen molar-refractivity contribution in [1.29, 1.82) is 0 Å². The smallest absolute Gasteiger partial charge is 0.793 e. The normalized spacial score (nSPS) is 5.14. The maximum absolute atomic E-state index is 4.39. The monoisotopic (exact) mass is 324 g/mol. The molecule has 0 aromatic carbocycles. The topological polar surface area (TPSA) is 0 Å². The van der Waals surface area contributed by atoms with Crippen LogP contribution in [0.5, 0.6) is 0 Å². The van der Waals surface area contributed by atoms with Crippen molar-refractivity contribution in [3.05, 3.63) is 0 Å². The summed E-state index contributed by atoms with van der Waals surface area (Å²) in [4.78, 5) is 0. The van der Waals surface area contributed by atoms with Crippen LogP contribution in [0.2, 0.25) is 0 Å². The SMILES string of the molecule is CC[S-].CC[S-].[Hg+2]. The summed E-state index contributed by atoms with van der Waals surface area (Å²) in [5.74, 6) is 1.67. The molecule has 0 atom stereocenters. The molecule has 0 saturated carbocycles. The van der Waals surface area contributed by atoms with Crippen molar-refractivity contribution < 1.29 is 27.7 Å². The van der Waals surface area contributed by atoms with Crippen LogP contribution < -0.4 is 0 Å². The van der Waals surface area contributed by atoms with Crippen LogP contribution in [0.3, 0.4) is 0 Å². The zero-order valence-electron chi connectivity index (χ0n) is 4.94. The molecule has 0 heterocycles. The molecule has 0 aliphatic carbocycles. The third-order valence-corrected chi connectivity index (χ3v) is 0. The summed E-state index contributed by atoms with van der Waals surface area (Å²) in [5.41, 5.74) is 0. The Kier molecular flexibility index (Phi) is 57.6. The molecule has 0 aliphatic heterocycles. The van der Waals surface area contributed by atoms with Crippen LogP contribution in [0.1, 0.15) is 13.8 Å². The first-order valence-corrected chi connectivity index (χ1v) is 3.15. The van der Waals surface area contributed by atoms with Gasteiger partial charge in [0.2, 0.25) is 0 Å². The summed E-state index contributed by atoms with van der Waals surface area (Å²) >= 11 is 8.79. The molecule has 0 spiro atoms. The Balaban J connectivity index is -0.0000000400. The second-order valence-corrected chi connectivity index (χ2v) is 1.73. The minimum Gasteiger partial charge on any atom is -0.793 e. The predicted molar refractivity (Wildman–Crippen MR) is 35.8 cm³/mol. The molecular formula is C4H10HgS2. The van der Waals surface area contributed by atoms with E-state index in [4.69, 9.17) is 0 Å². The summed E-state index contributed by atoms with van der Waals surface area (Å²) in [6.45, 7) is 3.88.